The van der Waals surface area contributed by atoms with Crippen LogP contribution in [0.25, 0.3) is 10.9 Å². The minimum atomic E-state index is -2.37. The van der Waals surface area contributed by atoms with Crippen molar-refractivity contribution in [2.75, 3.05) is 38.7 Å². The molecule has 2 aromatic rings. The van der Waals surface area contributed by atoms with Crippen LogP contribution in [0.1, 0.15) is 32.4 Å². The molecule has 1 fully saturated rings. The third-order valence-corrected chi connectivity index (χ3v) is 5.25. The van der Waals surface area contributed by atoms with Crippen LogP contribution in [-0.2, 0) is 11.3 Å². The molecular formula is C22H35F2N3O2. The van der Waals surface area contributed by atoms with E-state index in [1.54, 1.807) is 11.7 Å². The van der Waals surface area contributed by atoms with Crippen LogP contribution in [0, 0.1) is 6.92 Å². The van der Waals surface area contributed by atoms with Crippen LogP contribution in [0.5, 0.6) is 0 Å². The summed E-state index contributed by atoms with van der Waals surface area (Å²) in [6.07, 6.45) is -0.862. The molecule has 1 saturated heterocycles. The molecule has 0 amide bonds. The van der Waals surface area contributed by atoms with E-state index in [-0.39, 0.29) is 6.54 Å². The Morgan fingerprint density at radius 1 is 1.21 bits per heavy atom. The lowest BCUT2D eigenvalue weighted by Crippen LogP contribution is -2.43. The lowest BCUT2D eigenvalue weighted by Gasteiger charge is -2.34. The summed E-state index contributed by atoms with van der Waals surface area (Å²) in [6, 6.07) is 8.16. The Kier molecular flexibility index (Phi) is 9.33. The first-order chi connectivity index (χ1) is 14.0. The normalized spacial score (nSPS) is 16.7. The lowest BCUT2D eigenvalue weighted by atomic mass is 10.0. The third-order valence-electron chi connectivity index (χ3n) is 5.25. The van der Waals surface area contributed by atoms with Crippen molar-refractivity contribution < 1.29 is 18.6 Å². The monoisotopic (exact) mass is 411 g/mol. The van der Waals surface area contributed by atoms with Gasteiger partial charge in [-0.2, -0.15) is 0 Å². The molecular weight excluding hydrogens is 376 g/mol. The topological polar surface area (TPSA) is 49.7 Å². The Labute approximate surface area is 172 Å². The van der Waals surface area contributed by atoms with E-state index in [1.165, 1.54) is 0 Å². The number of ether oxygens (including phenoxy) is 1. The number of aromatic nitrogens is 1. The predicted molar refractivity (Wildman–Crippen MR) is 115 cm³/mol. The summed E-state index contributed by atoms with van der Waals surface area (Å²) in [5.74, 6) is 0. The maximum Gasteiger partial charge on any atom is 0.256 e. The minimum absolute atomic E-state index is 0.277. The molecule has 7 heteroatoms. The zero-order valence-electron chi connectivity index (χ0n) is 18.0. The second kappa shape index (κ2) is 11.5. The third kappa shape index (κ3) is 6.39. The van der Waals surface area contributed by atoms with Crippen LogP contribution >= 0.6 is 0 Å². The Balaban J connectivity index is 0.00000145. The lowest BCUT2D eigenvalue weighted by molar-refractivity contribution is 0.0327. The molecule has 0 aliphatic carbocycles. The summed E-state index contributed by atoms with van der Waals surface area (Å²) in [6.45, 7) is 8.41. The van der Waals surface area contributed by atoms with Gasteiger partial charge in [-0.1, -0.05) is 19.9 Å². The van der Waals surface area contributed by atoms with Crippen molar-refractivity contribution in [3.05, 3.63) is 30.0 Å². The number of hydrogen-bond donors (Lipinski definition) is 2. The largest absolute Gasteiger partial charge is 0.389 e. The molecule has 0 spiro atoms. The second-order valence-electron chi connectivity index (χ2n) is 7.35. The van der Waals surface area contributed by atoms with E-state index in [0.717, 1.165) is 48.2 Å². The highest BCUT2D eigenvalue weighted by Crippen LogP contribution is 2.29. The number of likely N-dealkylation sites (tertiary alicyclic amines) is 1. The summed E-state index contributed by atoms with van der Waals surface area (Å²) in [7, 11) is 1.59. The first kappa shape index (κ1) is 23.6. The molecule has 1 aromatic heterocycles. The number of β-amino-alcohol motifs (C(OH)–C–C–N with tert-alkyl or cyclic N) is 1. The van der Waals surface area contributed by atoms with Crippen LogP contribution in [0.3, 0.4) is 0 Å². The van der Waals surface area contributed by atoms with Crippen molar-refractivity contribution in [1.29, 1.82) is 0 Å². The number of piperidine rings is 1. The van der Waals surface area contributed by atoms with E-state index in [0.29, 0.717) is 19.2 Å². The van der Waals surface area contributed by atoms with Crippen molar-refractivity contribution in [1.82, 2.24) is 9.47 Å². The van der Waals surface area contributed by atoms with Crippen molar-refractivity contribution >= 4 is 16.6 Å². The van der Waals surface area contributed by atoms with Crippen LogP contribution in [0.2, 0.25) is 0 Å². The van der Waals surface area contributed by atoms with Gasteiger partial charge in [0.1, 0.15) is 0 Å². The Morgan fingerprint density at radius 2 is 1.90 bits per heavy atom. The first-order valence-corrected chi connectivity index (χ1v) is 10.5. The average molecular weight is 412 g/mol. The predicted octanol–water partition coefficient (Wildman–Crippen LogP) is 4.12. The molecule has 0 bridgehead atoms. The average Bonchev–Trinajstić information content (AvgIpc) is 3.01. The summed E-state index contributed by atoms with van der Waals surface area (Å²) in [5, 5.41) is 14.5. The molecule has 2 N–H and O–H groups in total. The molecule has 1 aliphatic heterocycles. The molecule has 1 atom stereocenters. The summed E-state index contributed by atoms with van der Waals surface area (Å²) in [5.41, 5.74) is 2.70. The van der Waals surface area contributed by atoms with Crippen LogP contribution in [0.4, 0.5) is 14.5 Å². The van der Waals surface area contributed by atoms with Gasteiger partial charge in [0, 0.05) is 49.6 Å². The molecule has 5 nitrogen and oxygen atoms in total. The summed E-state index contributed by atoms with van der Waals surface area (Å²) < 4.78 is 32.4. The number of nitrogens with one attached hydrogen (secondary N) is 1. The number of halogens is 2. The van der Waals surface area contributed by atoms with Gasteiger partial charge in [-0.05, 0) is 38.0 Å². The van der Waals surface area contributed by atoms with Gasteiger partial charge in [0.2, 0.25) is 0 Å². The van der Waals surface area contributed by atoms with Gasteiger partial charge in [0.05, 0.1) is 24.8 Å². The number of alkyl halides is 2. The van der Waals surface area contributed by atoms with Gasteiger partial charge in [-0.25, -0.2) is 8.78 Å². The van der Waals surface area contributed by atoms with Gasteiger partial charge in [-0.15, -0.1) is 0 Å². The van der Waals surface area contributed by atoms with E-state index < -0.39 is 12.5 Å². The van der Waals surface area contributed by atoms with E-state index in [4.69, 9.17) is 4.74 Å². The van der Waals surface area contributed by atoms with Crippen LogP contribution in [0.15, 0.2) is 24.3 Å². The number of fused-ring (bicyclic) bond motifs is 1. The molecule has 164 valence electrons. The number of aliphatic hydroxyl groups excluding tert-OH is 1. The van der Waals surface area contributed by atoms with Gasteiger partial charge < -0.3 is 24.6 Å². The van der Waals surface area contributed by atoms with Crippen molar-refractivity contribution in [3.8, 4) is 0 Å². The number of aliphatic hydroxyl groups is 1. The number of aryl methyl sites for hydroxylation is 1. The molecule has 2 heterocycles. The fourth-order valence-electron chi connectivity index (χ4n) is 3.95. The number of nitrogens with zero attached hydrogens (tertiary/aromatic N) is 2. The smallest absolute Gasteiger partial charge is 0.256 e. The molecule has 1 aromatic carbocycles. The zero-order valence-corrected chi connectivity index (χ0v) is 18.0. The van der Waals surface area contributed by atoms with Crippen molar-refractivity contribution in [2.24, 2.45) is 0 Å². The maximum atomic E-state index is 12.9. The number of rotatable bonds is 8. The fourth-order valence-corrected chi connectivity index (χ4v) is 3.95. The molecule has 0 saturated carbocycles. The highest BCUT2D eigenvalue weighted by Gasteiger charge is 2.22. The van der Waals surface area contributed by atoms with E-state index in [9.17, 15) is 13.9 Å². The number of anilines is 1. The van der Waals surface area contributed by atoms with Crippen LogP contribution < -0.4 is 5.32 Å². The minimum Gasteiger partial charge on any atom is -0.389 e. The Bertz CT molecular complexity index is 743. The molecule has 29 heavy (non-hydrogen) atoms. The Hall–Kier alpha value is -1.70. The summed E-state index contributed by atoms with van der Waals surface area (Å²) in [4.78, 5) is 2.26. The van der Waals surface area contributed by atoms with Gasteiger partial charge in [-0.3, -0.25) is 0 Å². The highest BCUT2D eigenvalue weighted by atomic mass is 19.3. The zero-order chi connectivity index (χ0) is 21.4. The van der Waals surface area contributed by atoms with Gasteiger partial charge in [0.25, 0.3) is 6.43 Å². The molecule has 1 unspecified atom stereocenters. The number of hydrogen-bond acceptors (Lipinski definition) is 4. The van der Waals surface area contributed by atoms with Gasteiger partial charge in [0.15, 0.2) is 0 Å². The van der Waals surface area contributed by atoms with Crippen molar-refractivity contribution in [2.45, 2.75) is 58.7 Å². The van der Waals surface area contributed by atoms with Crippen molar-refractivity contribution in [3.63, 3.8) is 0 Å². The van der Waals surface area contributed by atoms with E-state index in [1.807, 2.05) is 45.0 Å². The second-order valence-corrected chi connectivity index (χ2v) is 7.35. The fraction of sp³-hybridized carbons (Fsp3) is 0.636. The quantitative estimate of drug-likeness (QED) is 0.686. The Morgan fingerprint density at radius 3 is 2.52 bits per heavy atom. The molecule has 3 rings (SSSR count). The first-order valence-electron chi connectivity index (χ1n) is 10.5. The summed E-state index contributed by atoms with van der Waals surface area (Å²) >= 11 is 0. The van der Waals surface area contributed by atoms with Crippen LogP contribution in [-0.4, -0.2) is 66.5 Å². The standard InChI is InChI=1S/C20H29F2N3O2.C2H6/c1-14-10-17-18(4-3-5-19(17)25(14)12-20(21)22)23-15-6-8-24(9-7-15)11-16(26)13-27-2;1-2/h3-5,10,15-16,20,23,26H,6-9,11-13H2,1-2H3;1-2H3. The highest BCUT2D eigenvalue weighted by molar-refractivity contribution is 5.93. The molecule has 0 radical (unpaired) electrons. The number of benzene rings is 1. The van der Waals surface area contributed by atoms with E-state index in [2.05, 4.69) is 10.2 Å². The molecule has 1 aliphatic rings. The maximum absolute atomic E-state index is 12.9. The number of methoxy groups -OCH3 is 1. The van der Waals surface area contributed by atoms with Gasteiger partial charge >= 0.3 is 0 Å². The SMILES string of the molecule is CC.COCC(O)CN1CCC(Nc2cccc3c2cc(C)n3CC(F)F)CC1. The van der Waals surface area contributed by atoms with E-state index >= 15 is 0 Å².